The molecule has 1 aliphatic heterocycles. The quantitative estimate of drug-likeness (QED) is 0.799. The highest BCUT2D eigenvalue weighted by Gasteiger charge is 2.28. The van der Waals surface area contributed by atoms with Gasteiger partial charge in [-0.2, -0.15) is 0 Å². The van der Waals surface area contributed by atoms with E-state index in [9.17, 15) is 0 Å². The molecule has 1 atom stereocenters. The molecule has 1 heterocycles. The van der Waals surface area contributed by atoms with Crippen LogP contribution < -0.4 is 0 Å². The molecule has 0 radical (unpaired) electrons. The Morgan fingerprint density at radius 3 is 2.30 bits per heavy atom. The molecule has 0 bridgehead atoms. The summed E-state index contributed by atoms with van der Waals surface area (Å²) in [5, 5.41) is 0. The zero-order valence-corrected chi connectivity index (χ0v) is 11.9. The fraction of sp³-hybridized carbons (Fsp3) is 0.222. The fourth-order valence-electron chi connectivity index (χ4n) is 2.42. The second kappa shape index (κ2) is 5.04. The lowest BCUT2D eigenvalue weighted by molar-refractivity contribution is 0.542. The summed E-state index contributed by atoms with van der Waals surface area (Å²) in [4.78, 5) is 9.43. The van der Waals surface area contributed by atoms with Gasteiger partial charge >= 0.3 is 0 Å². The predicted molar refractivity (Wildman–Crippen MR) is 84.6 cm³/mol. The Kier molecular flexibility index (Phi) is 3.23. The molecule has 0 N–H and O–H groups in total. The number of benzene rings is 2. The van der Waals surface area contributed by atoms with Gasteiger partial charge in [-0.1, -0.05) is 61.5 Å². The van der Waals surface area contributed by atoms with E-state index in [0.29, 0.717) is 0 Å². The van der Waals surface area contributed by atoms with Gasteiger partial charge in [0.15, 0.2) is 5.66 Å². The third-order valence-corrected chi connectivity index (χ3v) is 3.75. The number of hydrogen-bond acceptors (Lipinski definition) is 2. The van der Waals surface area contributed by atoms with Crippen molar-refractivity contribution in [2.24, 2.45) is 9.98 Å². The zero-order valence-electron chi connectivity index (χ0n) is 11.9. The van der Waals surface area contributed by atoms with Gasteiger partial charge in [0.1, 0.15) is 0 Å². The van der Waals surface area contributed by atoms with E-state index in [2.05, 4.69) is 55.2 Å². The Hall–Kier alpha value is -2.22. The van der Waals surface area contributed by atoms with Crippen molar-refractivity contribution in [2.45, 2.75) is 25.9 Å². The molecule has 2 heteroatoms. The summed E-state index contributed by atoms with van der Waals surface area (Å²) in [5.41, 5.74) is 4.05. The lowest BCUT2D eigenvalue weighted by Gasteiger charge is -2.18. The Morgan fingerprint density at radius 2 is 1.65 bits per heavy atom. The molecule has 0 fully saturated rings. The van der Waals surface area contributed by atoms with E-state index < -0.39 is 5.66 Å². The zero-order chi connectivity index (χ0) is 14.0. The average Bonchev–Trinajstić information content (AvgIpc) is 2.92. The monoisotopic (exact) mass is 262 g/mol. The van der Waals surface area contributed by atoms with E-state index in [1.807, 2.05) is 24.4 Å². The van der Waals surface area contributed by atoms with Crippen molar-refractivity contribution >= 4 is 11.9 Å². The van der Waals surface area contributed by atoms with Crippen molar-refractivity contribution in [2.75, 3.05) is 0 Å². The van der Waals surface area contributed by atoms with Crippen LogP contribution in [0.15, 0.2) is 64.6 Å². The van der Waals surface area contributed by atoms with Crippen LogP contribution in [0.4, 0.5) is 0 Å². The van der Waals surface area contributed by atoms with E-state index >= 15 is 0 Å². The summed E-state index contributed by atoms with van der Waals surface area (Å²) in [7, 11) is 0. The second-order valence-corrected chi connectivity index (χ2v) is 5.19. The summed E-state index contributed by atoms with van der Waals surface area (Å²) < 4.78 is 0. The first-order valence-electron chi connectivity index (χ1n) is 7.01. The van der Waals surface area contributed by atoms with Crippen LogP contribution in [-0.2, 0) is 12.1 Å². The van der Waals surface area contributed by atoms with Crippen LogP contribution in [0, 0.1) is 0 Å². The largest absolute Gasteiger partial charge is 0.257 e. The number of rotatable bonds is 3. The van der Waals surface area contributed by atoms with Crippen molar-refractivity contribution in [1.82, 2.24) is 0 Å². The van der Waals surface area contributed by atoms with E-state index in [-0.39, 0.29) is 0 Å². The van der Waals surface area contributed by atoms with Gasteiger partial charge in [-0.25, -0.2) is 4.99 Å². The van der Waals surface area contributed by atoms with E-state index in [4.69, 9.17) is 4.99 Å². The van der Waals surface area contributed by atoms with Gasteiger partial charge in [0.2, 0.25) is 0 Å². The van der Waals surface area contributed by atoms with E-state index in [1.54, 1.807) is 0 Å². The lowest BCUT2D eigenvalue weighted by atomic mass is 10.0. The molecule has 1 unspecified atom stereocenters. The van der Waals surface area contributed by atoms with E-state index in [0.717, 1.165) is 23.3 Å². The molecule has 0 amide bonds. The van der Waals surface area contributed by atoms with Crippen molar-refractivity contribution < 1.29 is 0 Å². The van der Waals surface area contributed by atoms with Gasteiger partial charge in [0.25, 0.3) is 0 Å². The molecule has 1 aliphatic rings. The van der Waals surface area contributed by atoms with Gasteiger partial charge in [-0.05, 0) is 18.9 Å². The maximum atomic E-state index is 4.81. The van der Waals surface area contributed by atoms with Gasteiger partial charge in [-0.15, -0.1) is 0 Å². The molecule has 0 aliphatic carbocycles. The van der Waals surface area contributed by atoms with Gasteiger partial charge in [0, 0.05) is 11.1 Å². The standard InChI is InChI=1S/C18H18N2/c1-3-14-9-11-16(12-10-14)18(2)19-13-17(20-18)15-7-5-4-6-8-15/h4-13H,3H2,1-2H3. The van der Waals surface area contributed by atoms with Crippen molar-refractivity contribution in [3.63, 3.8) is 0 Å². The molecule has 0 saturated carbocycles. The van der Waals surface area contributed by atoms with Crippen LogP contribution in [0.3, 0.4) is 0 Å². The molecule has 20 heavy (non-hydrogen) atoms. The third-order valence-electron chi connectivity index (χ3n) is 3.75. The van der Waals surface area contributed by atoms with Crippen LogP contribution in [0.2, 0.25) is 0 Å². The summed E-state index contributed by atoms with van der Waals surface area (Å²) in [6.45, 7) is 4.22. The van der Waals surface area contributed by atoms with Gasteiger partial charge < -0.3 is 0 Å². The Morgan fingerprint density at radius 1 is 0.950 bits per heavy atom. The van der Waals surface area contributed by atoms with Gasteiger partial charge in [0.05, 0.1) is 11.9 Å². The minimum absolute atomic E-state index is 0.489. The van der Waals surface area contributed by atoms with Crippen molar-refractivity contribution in [3.8, 4) is 0 Å². The average molecular weight is 262 g/mol. The smallest absolute Gasteiger partial charge is 0.173 e. The topological polar surface area (TPSA) is 24.7 Å². The number of aryl methyl sites for hydroxylation is 1. The molecular formula is C18H18N2. The van der Waals surface area contributed by atoms with Gasteiger partial charge in [-0.3, -0.25) is 4.99 Å². The predicted octanol–water partition coefficient (Wildman–Crippen LogP) is 4.00. The number of aliphatic imine (C=N–C) groups is 2. The molecule has 0 spiro atoms. The Bertz CT molecular complexity index is 654. The molecule has 2 nitrogen and oxygen atoms in total. The summed E-state index contributed by atoms with van der Waals surface area (Å²) >= 11 is 0. The SMILES string of the molecule is CCc1ccc(C2(C)N=CC(c3ccccc3)=N2)cc1. The minimum atomic E-state index is -0.489. The molecule has 2 aromatic rings. The summed E-state index contributed by atoms with van der Waals surface area (Å²) in [6.07, 6.45) is 2.93. The normalized spacial score (nSPS) is 21.0. The second-order valence-electron chi connectivity index (χ2n) is 5.19. The first-order valence-corrected chi connectivity index (χ1v) is 7.01. The highest BCUT2D eigenvalue weighted by atomic mass is 15.1. The number of nitrogens with zero attached hydrogens (tertiary/aromatic N) is 2. The van der Waals surface area contributed by atoms with Crippen LogP contribution in [0.25, 0.3) is 0 Å². The third kappa shape index (κ3) is 2.29. The first-order chi connectivity index (χ1) is 9.71. The molecule has 0 saturated heterocycles. The van der Waals surface area contributed by atoms with Crippen molar-refractivity contribution in [1.29, 1.82) is 0 Å². The Labute approximate surface area is 119 Å². The minimum Gasteiger partial charge on any atom is -0.257 e. The van der Waals surface area contributed by atoms with Crippen LogP contribution >= 0.6 is 0 Å². The highest BCUT2D eigenvalue weighted by Crippen LogP contribution is 2.31. The molecule has 3 rings (SSSR count). The molecule has 0 aromatic heterocycles. The maximum absolute atomic E-state index is 4.81. The molecular weight excluding hydrogens is 244 g/mol. The van der Waals surface area contributed by atoms with Crippen LogP contribution in [0.1, 0.15) is 30.5 Å². The number of hydrogen-bond donors (Lipinski definition) is 0. The summed E-state index contributed by atoms with van der Waals surface area (Å²) in [5.74, 6) is 0. The van der Waals surface area contributed by atoms with Crippen LogP contribution in [0.5, 0.6) is 0 Å². The lowest BCUT2D eigenvalue weighted by Crippen LogP contribution is -2.13. The highest BCUT2D eigenvalue weighted by molar-refractivity contribution is 6.39. The summed E-state index contributed by atoms with van der Waals surface area (Å²) in [6, 6.07) is 18.8. The van der Waals surface area contributed by atoms with Crippen molar-refractivity contribution in [3.05, 3.63) is 71.3 Å². The Balaban J connectivity index is 1.94. The molecule has 2 aromatic carbocycles. The fourth-order valence-corrected chi connectivity index (χ4v) is 2.42. The molecule has 100 valence electrons. The maximum Gasteiger partial charge on any atom is 0.173 e. The first kappa shape index (κ1) is 12.8. The van der Waals surface area contributed by atoms with E-state index in [1.165, 1.54) is 5.56 Å². The van der Waals surface area contributed by atoms with Crippen LogP contribution in [-0.4, -0.2) is 11.9 Å².